The third-order valence-corrected chi connectivity index (χ3v) is 4.67. The summed E-state index contributed by atoms with van der Waals surface area (Å²) in [4.78, 5) is 35.7. The van der Waals surface area contributed by atoms with Gasteiger partial charge >= 0.3 is 17.6 Å². The lowest BCUT2D eigenvalue weighted by Gasteiger charge is -2.43. The third-order valence-electron chi connectivity index (χ3n) is 4.67. The van der Waals surface area contributed by atoms with E-state index in [2.05, 4.69) is 0 Å². The van der Waals surface area contributed by atoms with Crippen LogP contribution >= 0.6 is 0 Å². The maximum Gasteiger partial charge on any atom is 0.336 e. The van der Waals surface area contributed by atoms with Gasteiger partial charge in [0.15, 0.2) is 12.2 Å². The van der Waals surface area contributed by atoms with E-state index in [0.29, 0.717) is 27.9 Å². The Morgan fingerprint density at radius 1 is 1.14 bits per heavy atom. The Hall–Kier alpha value is -3.09. The minimum absolute atomic E-state index is 0.350. The molecule has 1 aliphatic rings. The number of rotatable bonds is 3. The van der Waals surface area contributed by atoms with Gasteiger partial charge in [0.1, 0.15) is 16.9 Å². The Morgan fingerprint density at radius 2 is 1.86 bits per heavy atom. The Kier molecular flexibility index (Phi) is 5.02. The zero-order valence-electron chi connectivity index (χ0n) is 16.4. The number of benzene rings is 1. The number of carbonyl (C=O) groups is 2. The van der Waals surface area contributed by atoms with Crippen LogP contribution in [0.4, 0.5) is 0 Å². The van der Waals surface area contributed by atoms with Crippen LogP contribution in [-0.2, 0) is 19.1 Å². The van der Waals surface area contributed by atoms with Crippen molar-refractivity contribution in [3.05, 3.63) is 51.9 Å². The van der Waals surface area contributed by atoms with Crippen molar-refractivity contribution in [2.75, 3.05) is 0 Å². The van der Waals surface area contributed by atoms with Gasteiger partial charge in [0.05, 0.1) is 0 Å². The molecule has 1 aliphatic heterocycles. The van der Waals surface area contributed by atoms with Gasteiger partial charge in [-0.1, -0.05) is 6.08 Å². The monoisotopic (exact) mass is 386 g/mol. The van der Waals surface area contributed by atoms with Crippen LogP contribution in [0.2, 0.25) is 0 Å². The average molecular weight is 386 g/mol. The average Bonchev–Trinajstić information content (AvgIpc) is 2.61. The van der Waals surface area contributed by atoms with Crippen molar-refractivity contribution in [1.29, 1.82) is 0 Å². The number of ether oxygens (including phenoxy) is 3. The zero-order valence-corrected chi connectivity index (χ0v) is 16.4. The molecule has 2 unspecified atom stereocenters. The highest BCUT2D eigenvalue weighted by atomic mass is 16.6. The van der Waals surface area contributed by atoms with E-state index in [1.807, 2.05) is 0 Å². The SMILES string of the molecule is C/C=C(/C)C(=O)OC1c2cc3ccc(=O)oc3cc2OC(C)(C)C1OC(C)=O. The van der Waals surface area contributed by atoms with Crippen molar-refractivity contribution in [1.82, 2.24) is 0 Å². The first-order valence-corrected chi connectivity index (χ1v) is 8.90. The molecule has 0 amide bonds. The smallest absolute Gasteiger partial charge is 0.336 e. The number of hydrogen-bond donors (Lipinski definition) is 0. The molecule has 0 bridgehead atoms. The molecule has 0 radical (unpaired) electrons. The highest BCUT2D eigenvalue weighted by Gasteiger charge is 2.48. The first-order valence-electron chi connectivity index (χ1n) is 8.90. The van der Waals surface area contributed by atoms with E-state index in [1.165, 1.54) is 13.0 Å². The van der Waals surface area contributed by atoms with Gasteiger partial charge in [0.25, 0.3) is 0 Å². The molecule has 0 saturated carbocycles. The molecule has 3 rings (SSSR count). The lowest BCUT2D eigenvalue weighted by Crippen LogP contribution is -2.52. The predicted octanol–water partition coefficient (Wildman–Crippen LogP) is 3.45. The largest absolute Gasteiger partial charge is 0.483 e. The fourth-order valence-corrected chi connectivity index (χ4v) is 3.13. The molecular formula is C21H22O7. The van der Waals surface area contributed by atoms with E-state index in [4.69, 9.17) is 18.6 Å². The predicted molar refractivity (Wildman–Crippen MR) is 101 cm³/mol. The number of carbonyl (C=O) groups excluding carboxylic acids is 2. The van der Waals surface area contributed by atoms with Crippen LogP contribution in [0.1, 0.15) is 46.3 Å². The van der Waals surface area contributed by atoms with Gasteiger partial charge in [0.2, 0.25) is 0 Å². The summed E-state index contributed by atoms with van der Waals surface area (Å²) in [5.74, 6) is -0.639. The molecule has 148 valence electrons. The Morgan fingerprint density at radius 3 is 2.50 bits per heavy atom. The van der Waals surface area contributed by atoms with Gasteiger partial charge in [-0.25, -0.2) is 9.59 Å². The minimum Gasteiger partial charge on any atom is -0.483 e. The second-order valence-electron chi connectivity index (χ2n) is 7.22. The molecule has 2 atom stereocenters. The fourth-order valence-electron chi connectivity index (χ4n) is 3.13. The number of hydrogen-bond acceptors (Lipinski definition) is 7. The van der Waals surface area contributed by atoms with Gasteiger partial charge in [0, 0.05) is 35.6 Å². The Bertz CT molecular complexity index is 1030. The molecule has 7 heteroatoms. The fraction of sp³-hybridized carbons (Fsp3) is 0.381. The standard InChI is InChI=1S/C21H22O7/c1-6-11(2)20(24)27-18-14-9-13-7-8-17(23)26-15(13)10-16(14)28-21(4,5)19(18)25-12(3)22/h6-10,18-19H,1-5H3/b11-6-. The summed E-state index contributed by atoms with van der Waals surface area (Å²) < 4.78 is 22.5. The van der Waals surface area contributed by atoms with E-state index < -0.39 is 35.4 Å². The Labute approximate surface area is 161 Å². The lowest BCUT2D eigenvalue weighted by atomic mass is 9.87. The summed E-state index contributed by atoms with van der Waals surface area (Å²) >= 11 is 0. The molecule has 2 aromatic rings. The molecule has 1 aromatic heterocycles. The minimum atomic E-state index is -0.990. The lowest BCUT2D eigenvalue weighted by molar-refractivity contribution is -0.187. The maximum absolute atomic E-state index is 12.5. The van der Waals surface area contributed by atoms with Gasteiger partial charge in [-0.05, 0) is 39.8 Å². The molecule has 0 saturated heterocycles. The summed E-state index contributed by atoms with van der Waals surface area (Å²) in [7, 11) is 0. The van der Waals surface area contributed by atoms with Crippen LogP contribution in [0.25, 0.3) is 11.0 Å². The summed E-state index contributed by atoms with van der Waals surface area (Å²) in [5.41, 5.74) is -0.158. The van der Waals surface area contributed by atoms with Crippen molar-refractivity contribution in [2.24, 2.45) is 0 Å². The molecule has 1 aromatic carbocycles. The number of esters is 2. The van der Waals surface area contributed by atoms with Crippen molar-refractivity contribution >= 4 is 22.9 Å². The first kappa shape index (κ1) is 19.7. The molecule has 0 spiro atoms. The quantitative estimate of drug-likeness (QED) is 0.453. The van der Waals surface area contributed by atoms with Crippen LogP contribution in [-0.4, -0.2) is 23.6 Å². The third kappa shape index (κ3) is 3.65. The summed E-state index contributed by atoms with van der Waals surface area (Å²) in [6, 6.07) is 6.21. The molecule has 28 heavy (non-hydrogen) atoms. The number of allylic oxidation sites excluding steroid dienone is 1. The summed E-state index contributed by atoms with van der Waals surface area (Å²) in [5, 5.41) is 0.632. The maximum atomic E-state index is 12.5. The second-order valence-corrected chi connectivity index (χ2v) is 7.22. The van der Waals surface area contributed by atoms with Crippen LogP contribution in [0.15, 0.2) is 45.1 Å². The molecule has 0 fully saturated rings. The molecular weight excluding hydrogens is 364 g/mol. The van der Waals surface area contributed by atoms with Gasteiger partial charge in [-0.15, -0.1) is 0 Å². The van der Waals surface area contributed by atoms with Crippen LogP contribution < -0.4 is 10.4 Å². The number of fused-ring (bicyclic) bond motifs is 2. The van der Waals surface area contributed by atoms with Crippen molar-refractivity contribution in [2.45, 2.75) is 52.4 Å². The first-order chi connectivity index (χ1) is 13.1. The molecule has 7 nitrogen and oxygen atoms in total. The highest BCUT2D eigenvalue weighted by Crippen LogP contribution is 2.45. The van der Waals surface area contributed by atoms with Crippen molar-refractivity contribution in [3.63, 3.8) is 0 Å². The van der Waals surface area contributed by atoms with E-state index in [0.717, 1.165) is 0 Å². The summed E-state index contributed by atoms with van der Waals surface area (Å²) in [6.45, 7) is 8.13. The summed E-state index contributed by atoms with van der Waals surface area (Å²) in [6.07, 6.45) is -0.107. The van der Waals surface area contributed by atoms with Crippen LogP contribution in [0.3, 0.4) is 0 Å². The van der Waals surface area contributed by atoms with E-state index >= 15 is 0 Å². The van der Waals surface area contributed by atoms with Gasteiger partial charge in [-0.2, -0.15) is 0 Å². The van der Waals surface area contributed by atoms with Crippen LogP contribution in [0, 0.1) is 0 Å². The Balaban J connectivity index is 2.18. The van der Waals surface area contributed by atoms with Crippen molar-refractivity contribution < 1.29 is 28.2 Å². The zero-order chi connectivity index (χ0) is 20.6. The topological polar surface area (TPSA) is 92.0 Å². The normalized spacial score (nSPS) is 20.8. The van der Waals surface area contributed by atoms with E-state index in [1.54, 1.807) is 52.0 Å². The van der Waals surface area contributed by atoms with Gasteiger partial charge < -0.3 is 18.6 Å². The second kappa shape index (κ2) is 7.14. The molecule has 2 heterocycles. The molecule has 0 aliphatic carbocycles. The van der Waals surface area contributed by atoms with Crippen LogP contribution in [0.5, 0.6) is 5.75 Å². The van der Waals surface area contributed by atoms with Crippen molar-refractivity contribution in [3.8, 4) is 5.75 Å². The van der Waals surface area contributed by atoms with E-state index in [9.17, 15) is 14.4 Å². The van der Waals surface area contributed by atoms with E-state index in [-0.39, 0.29) is 0 Å². The van der Waals surface area contributed by atoms with Gasteiger partial charge in [-0.3, -0.25) is 4.79 Å². The highest BCUT2D eigenvalue weighted by molar-refractivity contribution is 5.88. The molecule has 0 N–H and O–H groups in total.